The van der Waals surface area contributed by atoms with Crippen LogP contribution in [0.15, 0.2) is 12.3 Å². The Bertz CT molecular complexity index is 412. The Balaban J connectivity index is 2.52. The minimum atomic E-state index is -0.312. The minimum Gasteiger partial charge on any atom is -0.396 e. The summed E-state index contributed by atoms with van der Waals surface area (Å²) in [5.41, 5.74) is 1.21. The third kappa shape index (κ3) is 4.50. The van der Waals surface area contributed by atoms with Gasteiger partial charge in [0, 0.05) is 18.8 Å². The fourth-order valence-electron chi connectivity index (χ4n) is 1.50. The van der Waals surface area contributed by atoms with Gasteiger partial charge < -0.3 is 15.7 Å². The molecular formula is C12H18ClN3O2. The molecule has 2 amide bonds. The molecule has 0 radical (unpaired) electrons. The highest BCUT2D eigenvalue weighted by molar-refractivity contribution is 6.34. The molecule has 0 aliphatic heterocycles. The normalized spacial score (nSPS) is 12.0. The zero-order chi connectivity index (χ0) is 13.5. The quantitative estimate of drug-likeness (QED) is 0.769. The molecule has 18 heavy (non-hydrogen) atoms. The van der Waals surface area contributed by atoms with Gasteiger partial charge >= 0.3 is 6.03 Å². The number of aryl methyl sites for hydroxylation is 1. The van der Waals surface area contributed by atoms with Crippen LogP contribution in [0.5, 0.6) is 0 Å². The highest BCUT2D eigenvalue weighted by Crippen LogP contribution is 2.23. The first-order valence-corrected chi connectivity index (χ1v) is 6.22. The van der Waals surface area contributed by atoms with E-state index >= 15 is 0 Å². The zero-order valence-corrected chi connectivity index (χ0v) is 11.3. The summed E-state index contributed by atoms with van der Waals surface area (Å²) >= 11 is 6.02. The van der Waals surface area contributed by atoms with Gasteiger partial charge in [-0.2, -0.15) is 0 Å². The number of nitrogens with zero attached hydrogens (tertiary/aromatic N) is 1. The number of pyridine rings is 1. The van der Waals surface area contributed by atoms with Crippen molar-refractivity contribution in [1.82, 2.24) is 10.3 Å². The molecule has 3 N–H and O–H groups in total. The van der Waals surface area contributed by atoms with Crippen molar-refractivity contribution in [3.8, 4) is 0 Å². The molecule has 0 aliphatic carbocycles. The SMILES string of the molecule is Cc1nccc(NC(=O)N[C@@H](C)CCCO)c1Cl. The smallest absolute Gasteiger partial charge is 0.319 e. The Morgan fingerprint density at radius 2 is 2.33 bits per heavy atom. The Morgan fingerprint density at radius 3 is 3.00 bits per heavy atom. The van der Waals surface area contributed by atoms with E-state index in [2.05, 4.69) is 15.6 Å². The zero-order valence-electron chi connectivity index (χ0n) is 10.5. The first-order chi connectivity index (χ1) is 8.54. The van der Waals surface area contributed by atoms with Crippen LogP contribution in [0.3, 0.4) is 0 Å². The molecule has 1 aromatic heterocycles. The second-order valence-electron chi connectivity index (χ2n) is 4.12. The molecule has 1 heterocycles. The molecule has 1 rings (SSSR count). The molecule has 0 saturated heterocycles. The Morgan fingerprint density at radius 1 is 1.61 bits per heavy atom. The number of hydrogen-bond donors (Lipinski definition) is 3. The Kier molecular flexibility index (Phi) is 5.88. The van der Waals surface area contributed by atoms with Crippen LogP contribution < -0.4 is 10.6 Å². The molecule has 0 spiro atoms. The lowest BCUT2D eigenvalue weighted by Crippen LogP contribution is -2.36. The predicted molar refractivity (Wildman–Crippen MR) is 71.9 cm³/mol. The Hall–Kier alpha value is -1.33. The summed E-state index contributed by atoms with van der Waals surface area (Å²) in [5.74, 6) is 0. The van der Waals surface area contributed by atoms with Crippen LogP contribution in [0.2, 0.25) is 5.02 Å². The number of carbonyl (C=O) groups is 1. The molecule has 100 valence electrons. The topological polar surface area (TPSA) is 74.2 Å². The number of nitrogens with one attached hydrogen (secondary N) is 2. The van der Waals surface area contributed by atoms with Gasteiger partial charge in [0.05, 0.1) is 16.4 Å². The van der Waals surface area contributed by atoms with Gasteiger partial charge in [-0.05, 0) is 32.8 Å². The first kappa shape index (κ1) is 14.7. The number of halogens is 1. The van der Waals surface area contributed by atoms with E-state index in [0.717, 1.165) is 6.42 Å². The fourth-order valence-corrected chi connectivity index (χ4v) is 1.66. The second kappa shape index (κ2) is 7.18. The van der Waals surface area contributed by atoms with Crippen LogP contribution in [-0.2, 0) is 0 Å². The second-order valence-corrected chi connectivity index (χ2v) is 4.50. The molecular weight excluding hydrogens is 254 g/mol. The molecule has 5 nitrogen and oxygen atoms in total. The molecule has 0 unspecified atom stereocenters. The summed E-state index contributed by atoms with van der Waals surface area (Å²) in [7, 11) is 0. The summed E-state index contributed by atoms with van der Waals surface area (Å²) in [5, 5.41) is 14.6. The first-order valence-electron chi connectivity index (χ1n) is 5.84. The van der Waals surface area contributed by atoms with Gasteiger partial charge in [-0.3, -0.25) is 4.98 Å². The number of anilines is 1. The van der Waals surface area contributed by atoms with Crippen molar-refractivity contribution in [2.24, 2.45) is 0 Å². The highest BCUT2D eigenvalue weighted by atomic mass is 35.5. The summed E-state index contributed by atoms with van der Waals surface area (Å²) in [4.78, 5) is 15.7. The van der Waals surface area contributed by atoms with Crippen LogP contribution in [0.4, 0.5) is 10.5 Å². The molecule has 0 saturated carbocycles. The summed E-state index contributed by atoms with van der Waals surface area (Å²) in [6.45, 7) is 3.78. The number of aromatic nitrogens is 1. The maximum atomic E-state index is 11.7. The van der Waals surface area contributed by atoms with Crippen molar-refractivity contribution >= 4 is 23.3 Å². The number of hydrogen-bond acceptors (Lipinski definition) is 3. The van der Waals surface area contributed by atoms with E-state index in [1.54, 1.807) is 19.2 Å². The maximum Gasteiger partial charge on any atom is 0.319 e. The van der Waals surface area contributed by atoms with Crippen molar-refractivity contribution in [1.29, 1.82) is 0 Å². The van der Waals surface area contributed by atoms with Crippen molar-refractivity contribution in [2.75, 3.05) is 11.9 Å². The van der Waals surface area contributed by atoms with Gasteiger partial charge in [-0.15, -0.1) is 0 Å². The number of aliphatic hydroxyl groups excluding tert-OH is 1. The number of rotatable bonds is 5. The summed E-state index contributed by atoms with van der Waals surface area (Å²) in [6.07, 6.45) is 2.98. The van der Waals surface area contributed by atoms with Gasteiger partial charge in [0.25, 0.3) is 0 Å². The van der Waals surface area contributed by atoms with Gasteiger partial charge in [0.1, 0.15) is 0 Å². The average molecular weight is 272 g/mol. The third-order valence-corrected chi connectivity index (χ3v) is 2.96. The van der Waals surface area contributed by atoms with Gasteiger partial charge in [0.2, 0.25) is 0 Å². The van der Waals surface area contributed by atoms with Crippen LogP contribution in [0.1, 0.15) is 25.5 Å². The molecule has 6 heteroatoms. The van der Waals surface area contributed by atoms with Crippen molar-refractivity contribution in [2.45, 2.75) is 32.7 Å². The fraction of sp³-hybridized carbons (Fsp3) is 0.500. The van der Waals surface area contributed by atoms with Gasteiger partial charge in [0.15, 0.2) is 0 Å². The van der Waals surface area contributed by atoms with Crippen LogP contribution in [0, 0.1) is 6.92 Å². The van der Waals surface area contributed by atoms with Gasteiger partial charge in [-0.1, -0.05) is 11.6 Å². The monoisotopic (exact) mass is 271 g/mol. The summed E-state index contributed by atoms with van der Waals surface area (Å²) < 4.78 is 0. The third-order valence-electron chi connectivity index (χ3n) is 2.48. The van der Waals surface area contributed by atoms with Crippen LogP contribution >= 0.6 is 11.6 Å². The predicted octanol–water partition coefficient (Wildman–Crippen LogP) is 2.33. The standard InChI is InChI=1S/C12H18ClN3O2/c1-8(4-3-7-17)15-12(18)16-10-5-6-14-9(2)11(10)13/h5-6,8,17H,3-4,7H2,1-2H3,(H2,14,15,16,18)/t8-/m0/s1. The lowest BCUT2D eigenvalue weighted by Gasteiger charge is -2.14. The minimum absolute atomic E-state index is 0.00106. The lowest BCUT2D eigenvalue weighted by atomic mass is 10.2. The van der Waals surface area contributed by atoms with Crippen molar-refractivity contribution in [3.05, 3.63) is 23.0 Å². The van der Waals surface area contributed by atoms with Crippen LogP contribution in [-0.4, -0.2) is 28.8 Å². The van der Waals surface area contributed by atoms with Crippen molar-refractivity contribution < 1.29 is 9.90 Å². The number of amides is 2. The molecule has 0 aliphatic rings. The molecule has 0 fully saturated rings. The van der Waals surface area contributed by atoms with E-state index in [1.165, 1.54) is 0 Å². The van der Waals surface area contributed by atoms with E-state index in [9.17, 15) is 4.79 Å². The van der Waals surface area contributed by atoms with Crippen molar-refractivity contribution in [3.63, 3.8) is 0 Å². The summed E-state index contributed by atoms with van der Waals surface area (Å²) in [6, 6.07) is 1.33. The largest absolute Gasteiger partial charge is 0.396 e. The molecule has 0 bridgehead atoms. The van der Waals surface area contributed by atoms with E-state index in [4.69, 9.17) is 16.7 Å². The van der Waals surface area contributed by atoms with E-state index in [0.29, 0.717) is 22.8 Å². The maximum absolute atomic E-state index is 11.7. The molecule has 0 aromatic carbocycles. The molecule has 1 atom stereocenters. The van der Waals surface area contributed by atoms with E-state index in [-0.39, 0.29) is 18.7 Å². The Labute approximate surface area is 112 Å². The number of urea groups is 1. The van der Waals surface area contributed by atoms with E-state index in [1.807, 2.05) is 6.92 Å². The average Bonchev–Trinajstić information content (AvgIpc) is 2.32. The lowest BCUT2D eigenvalue weighted by molar-refractivity contribution is 0.245. The van der Waals surface area contributed by atoms with Crippen LogP contribution in [0.25, 0.3) is 0 Å². The number of aliphatic hydroxyl groups is 1. The van der Waals surface area contributed by atoms with E-state index < -0.39 is 0 Å². The highest BCUT2D eigenvalue weighted by Gasteiger charge is 2.10. The molecule has 1 aromatic rings. The number of carbonyl (C=O) groups excluding carboxylic acids is 1. The van der Waals surface area contributed by atoms with Gasteiger partial charge in [-0.25, -0.2) is 4.79 Å².